The number of ether oxygens (including phenoxy) is 1. The SMILES string of the molecule is CCCC1CC1Nc1sc(C(N)=O)c(N)c1C(=O)OC. The van der Waals surface area contributed by atoms with Gasteiger partial charge in [-0.2, -0.15) is 0 Å². The first-order valence-corrected chi connectivity index (χ1v) is 7.38. The van der Waals surface area contributed by atoms with Crippen LogP contribution in [0.15, 0.2) is 0 Å². The quantitative estimate of drug-likeness (QED) is 0.694. The van der Waals surface area contributed by atoms with E-state index < -0.39 is 11.9 Å². The van der Waals surface area contributed by atoms with E-state index in [0.717, 1.165) is 30.6 Å². The first-order valence-electron chi connectivity index (χ1n) is 6.56. The lowest BCUT2D eigenvalue weighted by molar-refractivity contribution is 0.0603. The Balaban J connectivity index is 2.25. The van der Waals surface area contributed by atoms with E-state index in [1.165, 1.54) is 7.11 Å². The summed E-state index contributed by atoms with van der Waals surface area (Å²) in [7, 11) is 1.28. The number of carbonyl (C=O) groups excluding carboxylic acids is 2. The number of nitrogens with one attached hydrogen (secondary N) is 1. The van der Waals surface area contributed by atoms with Crippen molar-refractivity contribution in [3.8, 4) is 0 Å². The van der Waals surface area contributed by atoms with Gasteiger partial charge in [0.25, 0.3) is 5.91 Å². The number of hydrogen-bond acceptors (Lipinski definition) is 6. The summed E-state index contributed by atoms with van der Waals surface area (Å²) >= 11 is 1.11. The van der Waals surface area contributed by atoms with Crippen LogP contribution in [0.25, 0.3) is 0 Å². The molecular formula is C13H19N3O3S. The molecule has 1 aliphatic rings. The third-order valence-corrected chi connectivity index (χ3v) is 4.61. The van der Waals surface area contributed by atoms with Crippen LogP contribution < -0.4 is 16.8 Å². The molecule has 0 spiro atoms. The highest BCUT2D eigenvalue weighted by atomic mass is 32.1. The van der Waals surface area contributed by atoms with Crippen molar-refractivity contribution in [2.45, 2.75) is 32.2 Å². The minimum absolute atomic E-state index is 0.101. The van der Waals surface area contributed by atoms with Crippen LogP contribution in [0.3, 0.4) is 0 Å². The number of thiophene rings is 1. The molecule has 2 rings (SSSR count). The Morgan fingerprint density at radius 1 is 1.50 bits per heavy atom. The molecule has 1 amide bonds. The molecule has 110 valence electrons. The summed E-state index contributed by atoms with van der Waals surface area (Å²) < 4.78 is 4.72. The molecule has 0 radical (unpaired) electrons. The third kappa shape index (κ3) is 2.72. The van der Waals surface area contributed by atoms with Crippen molar-refractivity contribution in [2.24, 2.45) is 11.7 Å². The molecule has 0 bridgehead atoms. The summed E-state index contributed by atoms with van der Waals surface area (Å²) in [5, 5.41) is 3.86. The van der Waals surface area contributed by atoms with Gasteiger partial charge in [-0.3, -0.25) is 4.79 Å². The number of nitrogen functional groups attached to an aromatic ring is 1. The van der Waals surface area contributed by atoms with Crippen molar-refractivity contribution in [2.75, 3.05) is 18.2 Å². The van der Waals surface area contributed by atoms with Crippen LogP contribution in [0.5, 0.6) is 0 Å². The average molecular weight is 297 g/mol. The monoisotopic (exact) mass is 297 g/mol. The Labute approximate surface area is 121 Å². The zero-order chi connectivity index (χ0) is 14.9. The molecule has 0 saturated heterocycles. The van der Waals surface area contributed by atoms with Gasteiger partial charge in [0.05, 0.1) is 12.8 Å². The lowest BCUT2D eigenvalue weighted by atomic mass is 10.2. The van der Waals surface area contributed by atoms with Crippen molar-refractivity contribution >= 4 is 33.9 Å². The Hall–Kier alpha value is -1.76. The van der Waals surface area contributed by atoms with Gasteiger partial charge in [0.1, 0.15) is 15.4 Å². The number of nitrogens with two attached hydrogens (primary N) is 2. The number of amides is 1. The van der Waals surface area contributed by atoms with Crippen LogP contribution >= 0.6 is 11.3 Å². The van der Waals surface area contributed by atoms with Gasteiger partial charge in [0.2, 0.25) is 0 Å². The Kier molecular flexibility index (Phi) is 4.17. The summed E-state index contributed by atoms with van der Waals surface area (Å²) in [6.45, 7) is 2.14. The lowest BCUT2D eigenvalue weighted by Gasteiger charge is -2.06. The molecule has 1 saturated carbocycles. The topological polar surface area (TPSA) is 107 Å². The highest BCUT2D eigenvalue weighted by molar-refractivity contribution is 7.19. The zero-order valence-corrected chi connectivity index (χ0v) is 12.4. The molecule has 1 aromatic heterocycles. The lowest BCUT2D eigenvalue weighted by Crippen LogP contribution is -2.13. The molecule has 0 aromatic carbocycles. The van der Waals surface area contributed by atoms with Crippen molar-refractivity contribution in [1.29, 1.82) is 0 Å². The third-order valence-electron chi connectivity index (χ3n) is 3.46. The number of rotatable bonds is 6. The van der Waals surface area contributed by atoms with E-state index in [0.29, 0.717) is 17.0 Å². The Morgan fingerprint density at radius 2 is 2.20 bits per heavy atom. The number of hydrogen-bond donors (Lipinski definition) is 3. The molecule has 5 N–H and O–H groups in total. The smallest absolute Gasteiger partial charge is 0.343 e. The molecule has 7 heteroatoms. The van der Waals surface area contributed by atoms with Crippen LogP contribution in [0.4, 0.5) is 10.7 Å². The Morgan fingerprint density at radius 3 is 2.75 bits per heavy atom. The van der Waals surface area contributed by atoms with Crippen LogP contribution in [0.1, 0.15) is 46.2 Å². The van der Waals surface area contributed by atoms with Crippen LogP contribution in [0, 0.1) is 5.92 Å². The Bertz CT molecular complexity index is 541. The van der Waals surface area contributed by atoms with Crippen molar-refractivity contribution in [3.63, 3.8) is 0 Å². The molecule has 2 atom stereocenters. The molecule has 6 nitrogen and oxygen atoms in total. The average Bonchev–Trinajstić information content (AvgIpc) is 3.03. The van der Waals surface area contributed by atoms with Gasteiger partial charge in [0, 0.05) is 6.04 Å². The summed E-state index contributed by atoms with van der Waals surface area (Å²) in [6, 6.07) is 0.331. The fraction of sp³-hybridized carbons (Fsp3) is 0.538. The second-order valence-corrected chi connectivity index (χ2v) is 5.96. The molecule has 20 heavy (non-hydrogen) atoms. The van der Waals surface area contributed by atoms with E-state index >= 15 is 0 Å². The predicted molar refractivity (Wildman–Crippen MR) is 79.0 cm³/mol. The fourth-order valence-corrected chi connectivity index (χ4v) is 3.34. The summed E-state index contributed by atoms with van der Waals surface area (Å²) in [5.41, 5.74) is 11.4. The molecule has 1 aliphatic carbocycles. The number of carbonyl (C=O) groups is 2. The van der Waals surface area contributed by atoms with Gasteiger partial charge >= 0.3 is 5.97 Å². The molecule has 2 unspecified atom stereocenters. The largest absolute Gasteiger partial charge is 0.465 e. The maximum absolute atomic E-state index is 11.8. The molecule has 1 heterocycles. The van der Waals surface area contributed by atoms with E-state index in [9.17, 15) is 9.59 Å². The van der Waals surface area contributed by atoms with E-state index in [1.807, 2.05) is 0 Å². The number of esters is 1. The van der Waals surface area contributed by atoms with Crippen molar-refractivity contribution in [1.82, 2.24) is 0 Å². The van der Waals surface area contributed by atoms with Crippen LogP contribution in [-0.4, -0.2) is 25.0 Å². The van der Waals surface area contributed by atoms with Gasteiger partial charge in [-0.25, -0.2) is 4.79 Å². The number of methoxy groups -OCH3 is 1. The second-order valence-electron chi connectivity index (χ2n) is 4.94. The van der Waals surface area contributed by atoms with Crippen molar-refractivity contribution in [3.05, 3.63) is 10.4 Å². The normalized spacial score (nSPS) is 20.5. The molecule has 1 aromatic rings. The van der Waals surface area contributed by atoms with E-state index in [4.69, 9.17) is 16.2 Å². The second kappa shape index (κ2) is 5.70. The van der Waals surface area contributed by atoms with Crippen LogP contribution in [0.2, 0.25) is 0 Å². The highest BCUT2D eigenvalue weighted by Crippen LogP contribution is 2.42. The zero-order valence-electron chi connectivity index (χ0n) is 11.6. The first kappa shape index (κ1) is 14.6. The number of anilines is 2. The standard InChI is InChI=1S/C13H19N3O3S/c1-3-4-6-5-7(6)16-12-8(13(18)19-2)9(14)10(20-12)11(15)17/h6-7,16H,3-5,14H2,1-2H3,(H2,15,17). The van der Waals surface area contributed by atoms with Gasteiger partial charge in [0.15, 0.2) is 0 Å². The highest BCUT2D eigenvalue weighted by Gasteiger charge is 2.38. The fourth-order valence-electron chi connectivity index (χ4n) is 2.32. The van der Waals surface area contributed by atoms with Gasteiger partial charge in [-0.05, 0) is 18.8 Å². The molecule has 1 fully saturated rings. The van der Waals surface area contributed by atoms with E-state index in [1.54, 1.807) is 0 Å². The van der Waals surface area contributed by atoms with Gasteiger partial charge in [-0.15, -0.1) is 11.3 Å². The van der Waals surface area contributed by atoms with E-state index in [-0.39, 0.29) is 16.1 Å². The number of primary amides is 1. The summed E-state index contributed by atoms with van der Waals surface area (Å²) in [5.74, 6) is -0.570. The summed E-state index contributed by atoms with van der Waals surface area (Å²) in [6.07, 6.45) is 3.35. The maximum Gasteiger partial charge on any atom is 0.343 e. The van der Waals surface area contributed by atoms with Crippen molar-refractivity contribution < 1.29 is 14.3 Å². The van der Waals surface area contributed by atoms with Gasteiger partial charge < -0.3 is 21.5 Å². The summed E-state index contributed by atoms with van der Waals surface area (Å²) in [4.78, 5) is 23.3. The van der Waals surface area contributed by atoms with E-state index in [2.05, 4.69) is 12.2 Å². The first-order chi connectivity index (χ1) is 9.49. The molecule has 0 aliphatic heterocycles. The maximum atomic E-state index is 11.8. The minimum atomic E-state index is -0.633. The predicted octanol–water partition coefficient (Wildman–Crippen LogP) is 1.82. The minimum Gasteiger partial charge on any atom is -0.465 e. The van der Waals surface area contributed by atoms with Gasteiger partial charge in [-0.1, -0.05) is 13.3 Å². The van der Waals surface area contributed by atoms with Crippen LogP contribution in [-0.2, 0) is 4.74 Å². The molecular weight excluding hydrogens is 278 g/mol.